The number of sulfonamides is 2. The summed E-state index contributed by atoms with van der Waals surface area (Å²) in [4.78, 5) is 0.313. The second kappa shape index (κ2) is 12.1. The SMILES string of the molecule is C[C@@H](CNC(=S)Nc1cccc(S(=O)(=O)N(C)C)c1)NC(=S)Nc1cccc(S(=O)(=O)N(C)C)c1. The van der Waals surface area contributed by atoms with E-state index in [9.17, 15) is 16.8 Å². The van der Waals surface area contributed by atoms with E-state index in [1.807, 2.05) is 6.92 Å². The number of anilines is 2. The quantitative estimate of drug-likeness (QED) is 0.339. The van der Waals surface area contributed by atoms with Gasteiger partial charge in [0.15, 0.2) is 10.2 Å². The van der Waals surface area contributed by atoms with Gasteiger partial charge in [0, 0.05) is 52.2 Å². The molecule has 35 heavy (non-hydrogen) atoms. The molecule has 0 aliphatic carbocycles. The lowest BCUT2D eigenvalue weighted by Crippen LogP contribution is -2.44. The summed E-state index contributed by atoms with van der Waals surface area (Å²) in [5.41, 5.74) is 1.08. The predicted octanol–water partition coefficient (Wildman–Crippen LogP) is 1.85. The maximum Gasteiger partial charge on any atom is 0.242 e. The van der Waals surface area contributed by atoms with Gasteiger partial charge in [0.1, 0.15) is 0 Å². The van der Waals surface area contributed by atoms with Crippen molar-refractivity contribution >= 4 is 66.1 Å². The van der Waals surface area contributed by atoms with Crippen molar-refractivity contribution in [2.45, 2.75) is 22.8 Å². The van der Waals surface area contributed by atoms with E-state index in [4.69, 9.17) is 24.4 Å². The molecule has 192 valence electrons. The molecule has 0 heterocycles. The average molecular weight is 559 g/mol. The van der Waals surface area contributed by atoms with Crippen molar-refractivity contribution in [3.05, 3.63) is 48.5 Å². The number of hydrogen-bond donors (Lipinski definition) is 4. The van der Waals surface area contributed by atoms with E-state index in [1.165, 1.54) is 52.5 Å². The Morgan fingerprint density at radius 2 is 1.23 bits per heavy atom. The molecule has 0 amide bonds. The molecule has 0 radical (unpaired) electrons. The van der Waals surface area contributed by atoms with Crippen LogP contribution in [0.2, 0.25) is 0 Å². The second-order valence-electron chi connectivity index (χ2n) is 7.97. The van der Waals surface area contributed by atoms with Crippen LogP contribution in [-0.2, 0) is 20.0 Å². The molecule has 2 rings (SSSR count). The number of benzene rings is 2. The molecule has 14 heteroatoms. The number of hydrogen-bond acceptors (Lipinski definition) is 6. The maximum absolute atomic E-state index is 12.3. The molecule has 0 bridgehead atoms. The molecule has 2 aromatic rings. The van der Waals surface area contributed by atoms with E-state index in [2.05, 4.69) is 21.3 Å². The summed E-state index contributed by atoms with van der Waals surface area (Å²) < 4.78 is 51.5. The summed E-state index contributed by atoms with van der Waals surface area (Å²) in [5.74, 6) is 0. The molecule has 0 aliphatic rings. The normalized spacial score (nSPS) is 12.8. The lowest BCUT2D eigenvalue weighted by atomic mass is 10.3. The van der Waals surface area contributed by atoms with Gasteiger partial charge in [-0.05, 0) is 67.8 Å². The Morgan fingerprint density at radius 3 is 1.66 bits per heavy atom. The molecule has 0 fully saturated rings. The van der Waals surface area contributed by atoms with Crippen LogP contribution in [0.3, 0.4) is 0 Å². The van der Waals surface area contributed by atoms with Gasteiger partial charge in [-0.1, -0.05) is 12.1 Å². The first kappa shape index (κ1) is 28.9. The summed E-state index contributed by atoms with van der Waals surface area (Å²) in [6.45, 7) is 2.30. The van der Waals surface area contributed by atoms with Crippen LogP contribution >= 0.6 is 24.4 Å². The summed E-state index contributed by atoms with van der Waals surface area (Å²) in [7, 11) is -1.23. The Hall–Kier alpha value is -2.36. The third-order valence-corrected chi connectivity index (χ3v) is 8.78. The molecule has 0 saturated carbocycles. The summed E-state index contributed by atoms with van der Waals surface area (Å²) in [6, 6.07) is 12.6. The molecule has 0 aromatic heterocycles. The first-order valence-corrected chi connectivity index (χ1v) is 14.1. The van der Waals surface area contributed by atoms with Crippen LogP contribution in [0.4, 0.5) is 11.4 Å². The van der Waals surface area contributed by atoms with Crippen molar-refractivity contribution in [2.24, 2.45) is 0 Å². The smallest absolute Gasteiger partial charge is 0.242 e. The van der Waals surface area contributed by atoms with Crippen LogP contribution in [0.25, 0.3) is 0 Å². The van der Waals surface area contributed by atoms with Crippen molar-refractivity contribution in [1.82, 2.24) is 19.2 Å². The van der Waals surface area contributed by atoms with Gasteiger partial charge in [0.2, 0.25) is 20.0 Å². The Morgan fingerprint density at radius 1 is 0.800 bits per heavy atom. The van der Waals surface area contributed by atoms with Gasteiger partial charge in [-0.25, -0.2) is 25.4 Å². The molecule has 2 aromatic carbocycles. The third-order valence-electron chi connectivity index (χ3n) is 4.69. The molecule has 0 unspecified atom stereocenters. The van der Waals surface area contributed by atoms with Gasteiger partial charge in [0.05, 0.1) is 9.79 Å². The van der Waals surface area contributed by atoms with Crippen molar-refractivity contribution in [2.75, 3.05) is 45.4 Å². The van der Waals surface area contributed by atoms with Gasteiger partial charge in [-0.2, -0.15) is 0 Å². The van der Waals surface area contributed by atoms with Gasteiger partial charge in [-0.3, -0.25) is 0 Å². The Labute approximate surface area is 218 Å². The zero-order valence-corrected chi connectivity index (χ0v) is 23.3. The Kier molecular flexibility index (Phi) is 9.94. The largest absolute Gasteiger partial charge is 0.360 e. The topological polar surface area (TPSA) is 123 Å². The van der Waals surface area contributed by atoms with Gasteiger partial charge in [0.25, 0.3) is 0 Å². The fourth-order valence-electron chi connectivity index (χ4n) is 2.75. The first-order chi connectivity index (χ1) is 16.2. The first-order valence-electron chi connectivity index (χ1n) is 10.4. The lowest BCUT2D eigenvalue weighted by molar-refractivity contribution is 0.520. The van der Waals surface area contributed by atoms with Crippen molar-refractivity contribution in [1.29, 1.82) is 0 Å². The minimum Gasteiger partial charge on any atom is -0.360 e. The van der Waals surface area contributed by atoms with Gasteiger partial charge in [-0.15, -0.1) is 0 Å². The number of rotatable bonds is 9. The van der Waals surface area contributed by atoms with E-state index >= 15 is 0 Å². The highest BCUT2D eigenvalue weighted by Gasteiger charge is 2.18. The third kappa shape index (κ3) is 8.08. The molecule has 0 aliphatic heterocycles. The van der Waals surface area contributed by atoms with E-state index in [-0.39, 0.29) is 15.8 Å². The zero-order valence-electron chi connectivity index (χ0n) is 20.1. The van der Waals surface area contributed by atoms with E-state index in [0.717, 1.165) is 8.61 Å². The maximum atomic E-state index is 12.3. The number of nitrogens with one attached hydrogen (secondary N) is 4. The minimum absolute atomic E-state index is 0.135. The van der Waals surface area contributed by atoms with E-state index in [1.54, 1.807) is 24.3 Å². The monoisotopic (exact) mass is 558 g/mol. The van der Waals surface area contributed by atoms with Crippen molar-refractivity contribution in [3.8, 4) is 0 Å². The van der Waals surface area contributed by atoms with Crippen molar-refractivity contribution in [3.63, 3.8) is 0 Å². The molecule has 1 atom stereocenters. The van der Waals surface area contributed by atoms with Crippen LogP contribution in [0, 0.1) is 0 Å². The van der Waals surface area contributed by atoms with Gasteiger partial charge >= 0.3 is 0 Å². The lowest BCUT2D eigenvalue weighted by Gasteiger charge is -2.19. The Bertz CT molecular complexity index is 1280. The number of thiocarbonyl (C=S) groups is 2. The summed E-state index contributed by atoms with van der Waals surface area (Å²) in [5, 5.41) is 12.7. The van der Waals surface area contributed by atoms with Crippen LogP contribution in [0.1, 0.15) is 6.92 Å². The highest BCUT2D eigenvalue weighted by atomic mass is 32.2. The molecular formula is C21H30N6O4S4. The number of nitrogens with zero attached hydrogens (tertiary/aromatic N) is 2. The van der Waals surface area contributed by atoms with E-state index < -0.39 is 20.0 Å². The molecular weight excluding hydrogens is 529 g/mol. The molecule has 0 spiro atoms. The summed E-state index contributed by atoms with van der Waals surface area (Å²) >= 11 is 10.6. The molecule has 0 saturated heterocycles. The zero-order chi connectivity index (χ0) is 26.4. The fraction of sp³-hybridized carbons (Fsp3) is 0.333. The fourth-order valence-corrected chi connectivity index (χ4v) is 5.17. The minimum atomic E-state index is -3.55. The van der Waals surface area contributed by atoms with Crippen LogP contribution < -0.4 is 21.3 Å². The molecule has 10 nitrogen and oxygen atoms in total. The van der Waals surface area contributed by atoms with Crippen LogP contribution in [0.5, 0.6) is 0 Å². The highest BCUT2D eigenvalue weighted by Crippen LogP contribution is 2.19. The van der Waals surface area contributed by atoms with Crippen LogP contribution in [-0.4, -0.2) is 76.4 Å². The average Bonchev–Trinajstić information content (AvgIpc) is 2.77. The van der Waals surface area contributed by atoms with Crippen LogP contribution in [0.15, 0.2) is 58.3 Å². The highest BCUT2D eigenvalue weighted by molar-refractivity contribution is 7.89. The standard InChI is InChI=1S/C21H30N6O4S4/c1-15(23-21(33)25-17-9-7-11-19(13-17)35(30,31)27(4)5)14-22-20(32)24-16-8-6-10-18(12-16)34(28,29)26(2)3/h6-13,15H,14H2,1-5H3,(H2,22,24,32)(H2,23,25,33)/t15-/m0/s1. The second-order valence-corrected chi connectivity index (χ2v) is 13.1. The Balaban J connectivity index is 1.89. The molecule has 4 N–H and O–H groups in total. The van der Waals surface area contributed by atoms with Crippen molar-refractivity contribution < 1.29 is 16.8 Å². The predicted molar refractivity (Wildman–Crippen MR) is 148 cm³/mol. The summed E-state index contributed by atoms with van der Waals surface area (Å²) in [6.07, 6.45) is 0. The van der Waals surface area contributed by atoms with E-state index in [0.29, 0.717) is 28.1 Å². The van der Waals surface area contributed by atoms with Gasteiger partial charge < -0.3 is 21.3 Å².